The van der Waals surface area contributed by atoms with E-state index in [0.29, 0.717) is 17.5 Å². The summed E-state index contributed by atoms with van der Waals surface area (Å²) in [4.78, 5) is 12.4. The lowest BCUT2D eigenvalue weighted by Crippen LogP contribution is -2.11. The van der Waals surface area contributed by atoms with Gasteiger partial charge in [-0.05, 0) is 6.42 Å². The van der Waals surface area contributed by atoms with Gasteiger partial charge in [0, 0.05) is 19.5 Å². The summed E-state index contributed by atoms with van der Waals surface area (Å²) in [5, 5.41) is 4.01. The van der Waals surface area contributed by atoms with Crippen molar-refractivity contribution in [3.63, 3.8) is 0 Å². The highest BCUT2D eigenvalue weighted by atomic mass is 16.5. The fraction of sp³-hybridized carbons (Fsp3) is 0.400. The first-order chi connectivity index (χ1) is 8.71. The number of aromatic nitrogens is 5. The molecule has 0 aromatic carbocycles. The molecule has 2 aromatic rings. The van der Waals surface area contributed by atoms with Crippen LogP contribution in [0.25, 0.3) is 0 Å². The van der Waals surface area contributed by atoms with E-state index in [0.717, 1.165) is 12.8 Å². The summed E-state index contributed by atoms with van der Waals surface area (Å²) in [6, 6.07) is 1.83. The van der Waals surface area contributed by atoms with Crippen molar-refractivity contribution in [3.8, 4) is 11.9 Å². The van der Waals surface area contributed by atoms with Crippen molar-refractivity contribution >= 4 is 5.82 Å². The molecule has 96 valence electrons. The first-order valence-electron chi connectivity index (χ1n) is 5.59. The normalized spacial score (nSPS) is 10.4. The van der Waals surface area contributed by atoms with Crippen LogP contribution in [0.15, 0.2) is 12.4 Å². The molecule has 0 atom stereocenters. The van der Waals surface area contributed by atoms with Crippen LogP contribution in [0.2, 0.25) is 0 Å². The zero-order chi connectivity index (χ0) is 13.0. The molecular weight excluding hydrogens is 234 g/mol. The summed E-state index contributed by atoms with van der Waals surface area (Å²) >= 11 is 0. The molecule has 0 aliphatic carbocycles. The Kier molecular flexibility index (Phi) is 3.68. The van der Waals surface area contributed by atoms with Crippen LogP contribution >= 0.6 is 0 Å². The number of aryl methyl sites for hydroxylation is 2. The molecule has 8 heteroatoms. The molecule has 0 spiro atoms. The monoisotopic (exact) mass is 249 g/mol. The molecule has 8 nitrogen and oxygen atoms in total. The summed E-state index contributed by atoms with van der Waals surface area (Å²) < 4.78 is 6.99. The molecule has 0 saturated carbocycles. The van der Waals surface area contributed by atoms with Gasteiger partial charge in [-0.3, -0.25) is 4.68 Å². The highest BCUT2D eigenvalue weighted by Crippen LogP contribution is 2.18. The Labute approximate surface area is 104 Å². The van der Waals surface area contributed by atoms with Crippen molar-refractivity contribution in [1.82, 2.24) is 24.7 Å². The third-order valence-electron chi connectivity index (χ3n) is 2.14. The summed E-state index contributed by atoms with van der Waals surface area (Å²) in [5.41, 5.74) is 2.48. The lowest BCUT2D eigenvalue weighted by Gasteiger charge is -2.06. The van der Waals surface area contributed by atoms with Gasteiger partial charge in [-0.15, -0.1) is 5.10 Å². The topological polar surface area (TPSA) is 104 Å². The lowest BCUT2D eigenvalue weighted by atomic mass is 10.3. The van der Waals surface area contributed by atoms with E-state index < -0.39 is 0 Å². The zero-order valence-electron chi connectivity index (χ0n) is 10.3. The average molecular weight is 249 g/mol. The van der Waals surface area contributed by atoms with Crippen LogP contribution in [0, 0.1) is 0 Å². The number of ether oxygens (including phenoxy) is 1. The Hall–Kier alpha value is -2.22. The Balaban J connectivity index is 2.23. The van der Waals surface area contributed by atoms with E-state index in [9.17, 15) is 0 Å². The Morgan fingerprint density at radius 2 is 2.28 bits per heavy atom. The molecule has 18 heavy (non-hydrogen) atoms. The van der Waals surface area contributed by atoms with Crippen molar-refractivity contribution in [2.45, 2.75) is 19.8 Å². The van der Waals surface area contributed by atoms with Crippen molar-refractivity contribution in [2.75, 3.05) is 5.43 Å². The second kappa shape index (κ2) is 5.41. The molecule has 2 aromatic heterocycles. The zero-order valence-corrected chi connectivity index (χ0v) is 10.3. The van der Waals surface area contributed by atoms with Gasteiger partial charge in [0.25, 0.3) is 0 Å². The summed E-state index contributed by atoms with van der Waals surface area (Å²) in [6.07, 6.45) is 3.24. The fourth-order valence-electron chi connectivity index (χ4n) is 1.39. The van der Waals surface area contributed by atoms with E-state index in [1.165, 1.54) is 0 Å². The maximum Gasteiger partial charge on any atom is 0.342 e. The van der Waals surface area contributed by atoms with Gasteiger partial charge in [0.1, 0.15) is 18.0 Å². The molecular formula is C10H15N7O. The first kappa shape index (κ1) is 12.2. The van der Waals surface area contributed by atoms with Gasteiger partial charge >= 0.3 is 6.01 Å². The third kappa shape index (κ3) is 2.92. The number of rotatable bonds is 5. The van der Waals surface area contributed by atoms with Crippen LogP contribution in [0.4, 0.5) is 5.82 Å². The van der Waals surface area contributed by atoms with Gasteiger partial charge in [-0.2, -0.15) is 9.97 Å². The Morgan fingerprint density at radius 3 is 2.89 bits per heavy atom. The molecule has 0 bridgehead atoms. The minimum Gasteiger partial charge on any atom is -0.404 e. The number of nitrogen functional groups attached to an aromatic ring is 1. The highest BCUT2D eigenvalue weighted by Gasteiger charge is 2.08. The predicted octanol–water partition coefficient (Wildman–Crippen LogP) is 0.635. The van der Waals surface area contributed by atoms with Crippen LogP contribution in [-0.2, 0) is 13.5 Å². The van der Waals surface area contributed by atoms with Crippen LogP contribution in [0.5, 0.6) is 11.9 Å². The SMILES string of the molecule is CCCc1nc(NN)cc(Oc2ncn(C)n2)n1. The van der Waals surface area contributed by atoms with E-state index in [1.807, 2.05) is 6.92 Å². The minimum atomic E-state index is 0.238. The number of nitrogens with zero attached hydrogens (tertiary/aromatic N) is 5. The molecule has 0 saturated heterocycles. The van der Waals surface area contributed by atoms with Gasteiger partial charge < -0.3 is 10.2 Å². The minimum absolute atomic E-state index is 0.238. The van der Waals surface area contributed by atoms with E-state index in [4.69, 9.17) is 10.6 Å². The van der Waals surface area contributed by atoms with Gasteiger partial charge in [-0.25, -0.2) is 10.8 Å². The van der Waals surface area contributed by atoms with Gasteiger partial charge in [0.2, 0.25) is 5.88 Å². The highest BCUT2D eigenvalue weighted by molar-refractivity contribution is 5.37. The van der Waals surface area contributed by atoms with E-state index in [2.05, 4.69) is 25.5 Å². The molecule has 0 fully saturated rings. The molecule has 0 amide bonds. The molecule has 3 N–H and O–H groups in total. The average Bonchev–Trinajstić information content (AvgIpc) is 2.75. The van der Waals surface area contributed by atoms with E-state index in [1.54, 1.807) is 24.1 Å². The van der Waals surface area contributed by atoms with Gasteiger partial charge in [0.05, 0.1) is 0 Å². The van der Waals surface area contributed by atoms with Crippen LogP contribution in [0.3, 0.4) is 0 Å². The van der Waals surface area contributed by atoms with Crippen molar-refractivity contribution in [3.05, 3.63) is 18.2 Å². The third-order valence-corrected chi connectivity index (χ3v) is 2.14. The number of hydrogen-bond donors (Lipinski definition) is 2. The second-order valence-corrected chi connectivity index (χ2v) is 3.70. The largest absolute Gasteiger partial charge is 0.404 e. The van der Waals surface area contributed by atoms with Crippen LogP contribution in [-0.4, -0.2) is 24.7 Å². The maximum atomic E-state index is 5.44. The molecule has 2 rings (SSSR count). The summed E-state index contributed by atoms with van der Waals surface area (Å²) in [5.74, 6) is 6.88. The smallest absolute Gasteiger partial charge is 0.342 e. The standard InChI is InChI=1S/C10H15N7O/c1-3-4-7-13-8(15-11)5-9(14-7)18-10-12-6-17(2)16-10/h5-6H,3-4,11H2,1-2H3,(H,13,14,15). The molecule has 0 radical (unpaired) electrons. The van der Waals surface area contributed by atoms with Gasteiger partial charge in [0.15, 0.2) is 0 Å². The molecule has 0 unspecified atom stereocenters. The fourth-order valence-corrected chi connectivity index (χ4v) is 1.39. The molecule has 0 aliphatic heterocycles. The van der Waals surface area contributed by atoms with E-state index >= 15 is 0 Å². The second-order valence-electron chi connectivity index (χ2n) is 3.70. The Bertz CT molecular complexity index is 525. The summed E-state index contributed by atoms with van der Waals surface area (Å²) in [7, 11) is 1.76. The van der Waals surface area contributed by atoms with E-state index in [-0.39, 0.29) is 6.01 Å². The predicted molar refractivity (Wildman–Crippen MR) is 64.9 cm³/mol. The summed E-state index contributed by atoms with van der Waals surface area (Å²) in [6.45, 7) is 2.05. The van der Waals surface area contributed by atoms with Crippen molar-refractivity contribution in [1.29, 1.82) is 0 Å². The number of hydrogen-bond acceptors (Lipinski definition) is 7. The lowest BCUT2D eigenvalue weighted by molar-refractivity contribution is 0.419. The van der Waals surface area contributed by atoms with Gasteiger partial charge in [-0.1, -0.05) is 6.92 Å². The number of nitrogens with two attached hydrogens (primary N) is 1. The number of anilines is 1. The first-order valence-corrected chi connectivity index (χ1v) is 5.59. The number of hydrazine groups is 1. The molecule has 0 aliphatic rings. The van der Waals surface area contributed by atoms with Crippen molar-refractivity contribution < 1.29 is 4.74 Å². The Morgan fingerprint density at radius 1 is 1.44 bits per heavy atom. The quantitative estimate of drug-likeness (QED) is 0.591. The number of nitrogens with one attached hydrogen (secondary N) is 1. The van der Waals surface area contributed by atoms with Crippen LogP contribution in [0.1, 0.15) is 19.2 Å². The van der Waals surface area contributed by atoms with Crippen LogP contribution < -0.4 is 16.0 Å². The maximum absolute atomic E-state index is 5.44. The molecule has 2 heterocycles. The van der Waals surface area contributed by atoms with Crippen molar-refractivity contribution in [2.24, 2.45) is 12.9 Å².